The van der Waals surface area contributed by atoms with Gasteiger partial charge in [0.25, 0.3) is 0 Å². The lowest BCUT2D eigenvalue weighted by atomic mass is 10.1. The molecule has 0 radical (unpaired) electrons. The average molecular weight is 332 g/mol. The van der Waals surface area contributed by atoms with E-state index in [1.54, 1.807) is 23.5 Å². The molecular formula is C17H20N2O3S. The van der Waals surface area contributed by atoms with Crippen molar-refractivity contribution in [2.45, 2.75) is 25.5 Å². The number of aromatic nitrogens is 1. The van der Waals surface area contributed by atoms with Crippen molar-refractivity contribution < 1.29 is 14.6 Å². The number of aliphatic hydroxyl groups is 1. The number of methoxy groups -OCH3 is 1. The van der Waals surface area contributed by atoms with Gasteiger partial charge in [-0.15, -0.1) is 11.3 Å². The molecule has 1 aliphatic heterocycles. The van der Waals surface area contributed by atoms with Crippen molar-refractivity contribution in [3.63, 3.8) is 0 Å². The van der Waals surface area contributed by atoms with E-state index >= 15 is 0 Å². The van der Waals surface area contributed by atoms with Crippen molar-refractivity contribution in [3.8, 4) is 10.6 Å². The third-order valence-corrected chi connectivity index (χ3v) is 4.99. The number of likely N-dealkylation sites (tertiary alicyclic amines) is 1. The first-order valence-electron chi connectivity index (χ1n) is 7.69. The quantitative estimate of drug-likeness (QED) is 0.872. The molecule has 1 fully saturated rings. The van der Waals surface area contributed by atoms with Gasteiger partial charge >= 0.3 is 5.97 Å². The van der Waals surface area contributed by atoms with Gasteiger partial charge in [0.05, 0.1) is 24.5 Å². The number of carbonyl (C=O) groups is 1. The third kappa shape index (κ3) is 3.96. The lowest BCUT2D eigenvalue weighted by Crippen LogP contribution is -2.35. The van der Waals surface area contributed by atoms with Crippen LogP contribution in [0.15, 0.2) is 29.6 Å². The van der Waals surface area contributed by atoms with E-state index < -0.39 is 0 Å². The fourth-order valence-corrected chi connectivity index (χ4v) is 3.50. The number of nitrogens with zero attached hydrogens (tertiary/aromatic N) is 2. The molecule has 0 spiro atoms. The molecule has 1 aliphatic rings. The maximum Gasteiger partial charge on any atom is 0.337 e. The summed E-state index contributed by atoms with van der Waals surface area (Å²) in [7, 11) is 1.38. The molecule has 0 unspecified atom stereocenters. The fraction of sp³-hybridized carbons (Fsp3) is 0.412. The number of esters is 1. The fourth-order valence-electron chi connectivity index (χ4n) is 2.69. The van der Waals surface area contributed by atoms with Crippen molar-refractivity contribution in [2.75, 3.05) is 20.2 Å². The minimum atomic E-state index is -0.330. The molecule has 0 amide bonds. The van der Waals surface area contributed by atoms with Crippen LogP contribution in [0.5, 0.6) is 0 Å². The molecule has 122 valence electrons. The van der Waals surface area contributed by atoms with Crippen LogP contribution < -0.4 is 0 Å². The Kier molecular flexibility index (Phi) is 5.05. The van der Waals surface area contributed by atoms with E-state index in [9.17, 15) is 9.90 Å². The SMILES string of the molecule is COC(=O)c1ccc(-c2nc(CN3CCC(O)CC3)cs2)cc1. The van der Waals surface area contributed by atoms with Crippen LogP contribution in [-0.4, -0.2) is 47.3 Å². The van der Waals surface area contributed by atoms with Gasteiger partial charge < -0.3 is 9.84 Å². The topological polar surface area (TPSA) is 62.7 Å². The minimum absolute atomic E-state index is 0.148. The summed E-state index contributed by atoms with van der Waals surface area (Å²) in [6.45, 7) is 2.66. The molecule has 6 heteroatoms. The van der Waals surface area contributed by atoms with Gasteiger partial charge in [-0.05, 0) is 25.0 Å². The Balaban J connectivity index is 1.65. The Morgan fingerprint density at radius 1 is 1.35 bits per heavy atom. The van der Waals surface area contributed by atoms with E-state index in [1.165, 1.54) is 7.11 Å². The predicted octanol–water partition coefficient (Wildman–Crippen LogP) is 2.55. The van der Waals surface area contributed by atoms with Gasteiger partial charge in [0.1, 0.15) is 5.01 Å². The first-order valence-corrected chi connectivity index (χ1v) is 8.57. The molecule has 5 nitrogen and oxygen atoms in total. The molecule has 1 aromatic carbocycles. The maximum absolute atomic E-state index is 11.5. The molecular weight excluding hydrogens is 312 g/mol. The zero-order valence-corrected chi connectivity index (χ0v) is 13.9. The standard InChI is InChI=1S/C17H20N2O3S/c1-22-17(21)13-4-2-12(3-5-13)16-18-14(11-23-16)10-19-8-6-15(20)7-9-19/h2-5,11,15,20H,6-10H2,1H3. The van der Waals surface area contributed by atoms with Gasteiger partial charge in [0, 0.05) is 30.6 Å². The highest BCUT2D eigenvalue weighted by Gasteiger charge is 2.18. The summed E-state index contributed by atoms with van der Waals surface area (Å²) in [6.07, 6.45) is 1.53. The molecule has 3 rings (SSSR count). The summed E-state index contributed by atoms with van der Waals surface area (Å²) < 4.78 is 4.70. The summed E-state index contributed by atoms with van der Waals surface area (Å²) in [6, 6.07) is 7.31. The van der Waals surface area contributed by atoms with Gasteiger partial charge in [-0.2, -0.15) is 0 Å². The van der Waals surface area contributed by atoms with E-state index in [1.807, 2.05) is 12.1 Å². The second kappa shape index (κ2) is 7.21. The molecule has 0 saturated carbocycles. The van der Waals surface area contributed by atoms with Crippen LogP contribution in [0.2, 0.25) is 0 Å². The Morgan fingerprint density at radius 3 is 2.70 bits per heavy atom. The van der Waals surface area contributed by atoms with E-state index in [0.717, 1.165) is 48.7 Å². The molecule has 1 saturated heterocycles. The van der Waals surface area contributed by atoms with Crippen molar-refractivity contribution in [1.29, 1.82) is 0 Å². The molecule has 2 heterocycles. The molecule has 0 atom stereocenters. The maximum atomic E-state index is 11.5. The number of hydrogen-bond donors (Lipinski definition) is 1. The van der Waals surface area contributed by atoms with E-state index in [2.05, 4.69) is 15.3 Å². The molecule has 2 aromatic rings. The number of carbonyl (C=O) groups excluding carboxylic acids is 1. The van der Waals surface area contributed by atoms with Crippen molar-refractivity contribution in [3.05, 3.63) is 40.9 Å². The van der Waals surface area contributed by atoms with Crippen LogP contribution in [-0.2, 0) is 11.3 Å². The highest BCUT2D eigenvalue weighted by molar-refractivity contribution is 7.13. The number of thiazole rings is 1. The Morgan fingerprint density at radius 2 is 2.04 bits per heavy atom. The Hall–Kier alpha value is -1.76. The normalized spacial score (nSPS) is 16.4. The van der Waals surface area contributed by atoms with Crippen molar-refractivity contribution in [2.24, 2.45) is 0 Å². The lowest BCUT2D eigenvalue weighted by Gasteiger charge is -2.28. The Bertz CT molecular complexity index is 661. The molecule has 0 aliphatic carbocycles. The monoisotopic (exact) mass is 332 g/mol. The van der Waals surface area contributed by atoms with Crippen LogP contribution in [0.3, 0.4) is 0 Å². The van der Waals surface area contributed by atoms with Gasteiger partial charge in [-0.3, -0.25) is 4.90 Å². The highest BCUT2D eigenvalue weighted by Crippen LogP contribution is 2.25. The van der Waals surface area contributed by atoms with Crippen LogP contribution in [0.1, 0.15) is 28.9 Å². The summed E-state index contributed by atoms with van der Waals surface area (Å²) >= 11 is 1.61. The zero-order valence-electron chi connectivity index (χ0n) is 13.1. The smallest absolute Gasteiger partial charge is 0.337 e. The van der Waals surface area contributed by atoms with Crippen LogP contribution in [0.25, 0.3) is 10.6 Å². The van der Waals surface area contributed by atoms with Gasteiger partial charge in [-0.25, -0.2) is 9.78 Å². The largest absolute Gasteiger partial charge is 0.465 e. The van der Waals surface area contributed by atoms with E-state index in [0.29, 0.717) is 5.56 Å². The number of rotatable bonds is 4. The van der Waals surface area contributed by atoms with Crippen LogP contribution >= 0.6 is 11.3 Å². The molecule has 1 N–H and O–H groups in total. The van der Waals surface area contributed by atoms with Crippen molar-refractivity contribution in [1.82, 2.24) is 9.88 Å². The number of hydrogen-bond acceptors (Lipinski definition) is 6. The summed E-state index contributed by atoms with van der Waals surface area (Å²) in [5.41, 5.74) is 2.60. The lowest BCUT2D eigenvalue weighted by molar-refractivity contribution is 0.0600. The van der Waals surface area contributed by atoms with Gasteiger partial charge in [-0.1, -0.05) is 12.1 Å². The van der Waals surface area contributed by atoms with E-state index in [-0.39, 0.29) is 12.1 Å². The van der Waals surface area contributed by atoms with Gasteiger partial charge in [0.15, 0.2) is 0 Å². The van der Waals surface area contributed by atoms with E-state index in [4.69, 9.17) is 4.74 Å². The summed E-state index contributed by atoms with van der Waals surface area (Å²) in [4.78, 5) is 18.5. The van der Waals surface area contributed by atoms with Crippen LogP contribution in [0.4, 0.5) is 0 Å². The first-order chi connectivity index (χ1) is 11.2. The zero-order chi connectivity index (χ0) is 16.2. The third-order valence-electron chi connectivity index (χ3n) is 4.05. The van der Waals surface area contributed by atoms with Gasteiger partial charge in [0.2, 0.25) is 0 Å². The molecule has 23 heavy (non-hydrogen) atoms. The number of piperidine rings is 1. The van der Waals surface area contributed by atoms with Crippen molar-refractivity contribution >= 4 is 17.3 Å². The average Bonchev–Trinajstić information content (AvgIpc) is 3.05. The number of benzene rings is 1. The number of ether oxygens (including phenoxy) is 1. The summed E-state index contributed by atoms with van der Waals surface area (Å²) in [5.74, 6) is -0.330. The first kappa shape index (κ1) is 16.1. The molecule has 0 bridgehead atoms. The number of aliphatic hydroxyl groups excluding tert-OH is 1. The summed E-state index contributed by atoms with van der Waals surface area (Å²) in [5, 5.41) is 12.6. The molecule has 1 aromatic heterocycles. The van der Waals surface area contributed by atoms with Crippen LogP contribution in [0, 0.1) is 0 Å². The minimum Gasteiger partial charge on any atom is -0.465 e. The highest BCUT2D eigenvalue weighted by atomic mass is 32.1. The Labute approximate surface area is 139 Å². The second-order valence-corrected chi connectivity index (χ2v) is 6.58. The predicted molar refractivity (Wildman–Crippen MR) is 89.4 cm³/mol. The second-order valence-electron chi connectivity index (χ2n) is 5.72.